The van der Waals surface area contributed by atoms with Crippen molar-refractivity contribution < 1.29 is 9.53 Å². The van der Waals surface area contributed by atoms with Gasteiger partial charge >= 0.3 is 0 Å². The Bertz CT molecular complexity index is 492. The Labute approximate surface area is 137 Å². The molecule has 0 aliphatic carbocycles. The summed E-state index contributed by atoms with van der Waals surface area (Å²) in [6.45, 7) is 5.30. The van der Waals surface area contributed by atoms with E-state index in [-0.39, 0.29) is 12.0 Å². The first-order chi connectivity index (χ1) is 10.7. The number of amides is 1. The lowest BCUT2D eigenvalue weighted by Gasteiger charge is -2.35. The summed E-state index contributed by atoms with van der Waals surface area (Å²) < 4.78 is 5.49. The van der Waals surface area contributed by atoms with Gasteiger partial charge < -0.3 is 9.64 Å². The van der Waals surface area contributed by atoms with Crippen LogP contribution in [0.1, 0.15) is 18.4 Å². The van der Waals surface area contributed by atoms with Crippen molar-refractivity contribution in [2.75, 3.05) is 39.3 Å². The van der Waals surface area contributed by atoms with E-state index in [4.69, 9.17) is 16.3 Å². The van der Waals surface area contributed by atoms with Crippen LogP contribution in [0.15, 0.2) is 24.3 Å². The molecule has 120 valence electrons. The lowest BCUT2D eigenvalue weighted by molar-refractivity contribution is -0.142. The molecule has 0 bridgehead atoms. The third kappa shape index (κ3) is 4.00. The summed E-state index contributed by atoms with van der Waals surface area (Å²) in [5.41, 5.74) is 1.31. The van der Waals surface area contributed by atoms with Crippen LogP contribution in [-0.4, -0.2) is 61.1 Å². The number of rotatable bonds is 4. The summed E-state index contributed by atoms with van der Waals surface area (Å²) in [6.07, 6.45) is 2.74. The molecule has 0 N–H and O–H groups in total. The van der Waals surface area contributed by atoms with E-state index in [0.717, 1.165) is 63.6 Å². The van der Waals surface area contributed by atoms with Crippen LogP contribution in [0.25, 0.3) is 0 Å². The van der Waals surface area contributed by atoms with Gasteiger partial charge in [0, 0.05) is 44.4 Å². The van der Waals surface area contributed by atoms with Crippen molar-refractivity contribution in [3.8, 4) is 0 Å². The summed E-state index contributed by atoms with van der Waals surface area (Å²) in [7, 11) is 0. The molecule has 2 aliphatic rings. The van der Waals surface area contributed by atoms with Crippen LogP contribution in [0.3, 0.4) is 0 Å². The average Bonchev–Trinajstić information content (AvgIpc) is 3.09. The quantitative estimate of drug-likeness (QED) is 0.852. The molecule has 2 heterocycles. The predicted octanol–water partition coefficient (Wildman–Crippen LogP) is 2.21. The van der Waals surface area contributed by atoms with E-state index in [1.807, 2.05) is 17.0 Å². The fourth-order valence-corrected chi connectivity index (χ4v) is 3.23. The van der Waals surface area contributed by atoms with Crippen LogP contribution in [0.5, 0.6) is 0 Å². The maximum absolute atomic E-state index is 12.3. The molecule has 1 aromatic carbocycles. The lowest BCUT2D eigenvalue weighted by atomic mass is 10.1. The van der Waals surface area contributed by atoms with Crippen molar-refractivity contribution in [3.05, 3.63) is 34.9 Å². The molecule has 4 nitrogen and oxygen atoms in total. The summed E-state index contributed by atoms with van der Waals surface area (Å²) in [4.78, 5) is 16.7. The average molecular weight is 323 g/mol. The van der Waals surface area contributed by atoms with E-state index < -0.39 is 0 Å². The van der Waals surface area contributed by atoms with Gasteiger partial charge in [-0.3, -0.25) is 9.69 Å². The number of ether oxygens (including phenoxy) is 1. The molecule has 1 atom stereocenters. The molecule has 3 rings (SSSR count). The lowest BCUT2D eigenvalue weighted by Crippen LogP contribution is -2.51. The third-order valence-corrected chi connectivity index (χ3v) is 4.77. The highest BCUT2D eigenvalue weighted by Crippen LogP contribution is 2.16. The van der Waals surface area contributed by atoms with E-state index in [1.54, 1.807) is 0 Å². The molecule has 0 saturated carbocycles. The van der Waals surface area contributed by atoms with Gasteiger partial charge in [-0.15, -0.1) is 0 Å². The molecule has 2 fully saturated rings. The van der Waals surface area contributed by atoms with Gasteiger partial charge in [0.1, 0.15) is 6.10 Å². The zero-order valence-corrected chi connectivity index (χ0v) is 13.6. The largest absolute Gasteiger partial charge is 0.368 e. The Morgan fingerprint density at radius 3 is 2.55 bits per heavy atom. The third-order valence-electron chi connectivity index (χ3n) is 4.52. The maximum atomic E-state index is 12.3. The minimum Gasteiger partial charge on any atom is -0.368 e. The number of halogens is 1. The number of carbonyl (C=O) groups is 1. The number of piperazine rings is 1. The first-order valence-corrected chi connectivity index (χ1v) is 8.47. The Morgan fingerprint density at radius 1 is 1.18 bits per heavy atom. The molecule has 22 heavy (non-hydrogen) atoms. The van der Waals surface area contributed by atoms with Crippen molar-refractivity contribution in [1.29, 1.82) is 0 Å². The minimum absolute atomic E-state index is 0.180. The van der Waals surface area contributed by atoms with Crippen LogP contribution in [0, 0.1) is 0 Å². The molecule has 0 aromatic heterocycles. The first-order valence-electron chi connectivity index (χ1n) is 8.09. The van der Waals surface area contributed by atoms with Gasteiger partial charge in [0.15, 0.2) is 0 Å². The zero-order valence-electron chi connectivity index (χ0n) is 12.8. The first kappa shape index (κ1) is 15.8. The van der Waals surface area contributed by atoms with Crippen LogP contribution < -0.4 is 0 Å². The summed E-state index contributed by atoms with van der Waals surface area (Å²) >= 11 is 5.90. The van der Waals surface area contributed by atoms with Crippen molar-refractivity contribution in [2.45, 2.75) is 25.4 Å². The molecule has 1 aromatic rings. The van der Waals surface area contributed by atoms with E-state index in [9.17, 15) is 4.79 Å². The molecule has 0 spiro atoms. The molecule has 2 aliphatic heterocycles. The van der Waals surface area contributed by atoms with Crippen molar-refractivity contribution in [2.24, 2.45) is 0 Å². The van der Waals surface area contributed by atoms with Crippen LogP contribution in [-0.2, 0) is 16.0 Å². The van der Waals surface area contributed by atoms with Gasteiger partial charge in [0.2, 0.25) is 0 Å². The highest BCUT2D eigenvalue weighted by atomic mass is 35.5. The minimum atomic E-state index is -0.180. The maximum Gasteiger partial charge on any atom is 0.251 e. The van der Waals surface area contributed by atoms with E-state index >= 15 is 0 Å². The van der Waals surface area contributed by atoms with Crippen molar-refractivity contribution >= 4 is 17.5 Å². The Hall–Kier alpha value is -1.10. The molecule has 0 radical (unpaired) electrons. The number of nitrogens with zero attached hydrogens (tertiary/aromatic N) is 2. The fourth-order valence-electron chi connectivity index (χ4n) is 3.11. The number of hydrogen-bond acceptors (Lipinski definition) is 3. The summed E-state index contributed by atoms with van der Waals surface area (Å²) in [6, 6.07) is 8.04. The van der Waals surface area contributed by atoms with E-state index in [0.29, 0.717) is 0 Å². The molecule has 1 amide bonds. The summed E-state index contributed by atoms with van der Waals surface area (Å²) in [5.74, 6) is 0.190. The SMILES string of the molecule is O=C(C1CCCO1)N1CCN(CCc2ccc(Cl)cc2)CC1. The Balaban J connectivity index is 1.41. The highest BCUT2D eigenvalue weighted by Gasteiger charge is 2.30. The molecular weight excluding hydrogens is 300 g/mol. The molecule has 1 unspecified atom stereocenters. The van der Waals surface area contributed by atoms with Gasteiger partial charge in [-0.2, -0.15) is 0 Å². The van der Waals surface area contributed by atoms with Crippen LogP contribution in [0.4, 0.5) is 0 Å². The standard InChI is InChI=1S/C17H23ClN2O2/c18-15-5-3-14(4-6-15)7-8-19-9-11-20(12-10-19)17(21)16-2-1-13-22-16/h3-6,16H,1-2,7-13H2. The summed E-state index contributed by atoms with van der Waals surface area (Å²) in [5, 5.41) is 0.782. The van der Waals surface area contributed by atoms with E-state index in [2.05, 4.69) is 17.0 Å². The Morgan fingerprint density at radius 2 is 1.91 bits per heavy atom. The molecule has 2 saturated heterocycles. The second-order valence-corrected chi connectivity index (χ2v) is 6.48. The number of benzene rings is 1. The van der Waals surface area contributed by atoms with Gasteiger partial charge in [0.05, 0.1) is 0 Å². The molecular formula is C17H23ClN2O2. The van der Waals surface area contributed by atoms with Gasteiger partial charge in [-0.1, -0.05) is 23.7 Å². The highest BCUT2D eigenvalue weighted by molar-refractivity contribution is 6.30. The van der Waals surface area contributed by atoms with E-state index in [1.165, 1.54) is 5.56 Å². The Kier molecular flexibility index (Phi) is 5.34. The molecule has 5 heteroatoms. The second-order valence-electron chi connectivity index (χ2n) is 6.05. The predicted molar refractivity (Wildman–Crippen MR) is 87.2 cm³/mol. The monoisotopic (exact) mass is 322 g/mol. The van der Waals surface area contributed by atoms with Crippen LogP contribution >= 0.6 is 11.6 Å². The fraction of sp³-hybridized carbons (Fsp3) is 0.588. The van der Waals surface area contributed by atoms with Crippen molar-refractivity contribution in [3.63, 3.8) is 0 Å². The zero-order chi connectivity index (χ0) is 15.4. The van der Waals surface area contributed by atoms with Crippen molar-refractivity contribution in [1.82, 2.24) is 9.80 Å². The van der Waals surface area contributed by atoms with Crippen LogP contribution in [0.2, 0.25) is 5.02 Å². The van der Waals surface area contributed by atoms with Gasteiger partial charge in [0.25, 0.3) is 5.91 Å². The topological polar surface area (TPSA) is 32.8 Å². The number of carbonyl (C=O) groups excluding carboxylic acids is 1. The smallest absolute Gasteiger partial charge is 0.251 e. The van der Waals surface area contributed by atoms with Gasteiger partial charge in [-0.05, 0) is 37.0 Å². The number of hydrogen-bond donors (Lipinski definition) is 0. The second kappa shape index (κ2) is 7.44. The van der Waals surface area contributed by atoms with Gasteiger partial charge in [-0.25, -0.2) is 0 Å². The normalized spacial score (nSPS) is 23.0.